The second-order valence-corrected chi connectivity index (χ2v) is 4.15. The van der Waals surface area contributed by atoms with Crippen molar-refractivity contribution in [2.45, 2.75) is 0 Å². The predicted molar refractivity (Wildman–Crippen MR) is 63.9 cm³/mol. The first-order chi connectivity index (χ1) is 7.16. The summed E-state index contributed by atoms with van der Waals surface area (Å²) in [5.74, 6) is -0.312. The maximum absolute atomic E-state index is 12.8. The third-order valence-electron chi connectivity index (χ3n) is 2.17. The molecule has 3 heteroatoms. The molecule has 15 heavy (non-hydrogen) atoms. The fourth-order valence-corrected chi connectivity index (χ4v) is 1.69. The van der Waals surface area contributed by atoms with Crippen LogP contribution in [0, 0.1) is 5.82 Å². The van der Waals surface area contributed by atoms with Gasteiger partial charge in [-0.25, -0.2) is 4.39 Å². The lowest BCUT2D eigenvalue weighted by molar-refractivity contribution is 0.628. The Morgan fingerprint density at radius 1 is 1.00 bits per heavy atom. The molecule has 2 rings (SSSR count). The Hall–Kier alpha value is -1.35. The van der Waals surface area contributed by atoms with E-state index in [4.69, 9.17) is 5.73 Å². The van der Waals surface area contributed by atoms with Crippen molar-refractivity contribution < 1.29 is 4.39 Å². The fourth-order valence-electron chi connectivity index (χ4n) is 1.43. The topological polar surface area (TPSA) is 26.0 Å². The lowest BCUT2D eigenvalue weighted by Crippen LogP contribution is -1.90. The monoisotopic (exact) mass is 265 g/mol. The molecule has 0 aliphatic carbocycles. The van der Waals surface area contributed by atoms with Gasteiger partial charge in [-0.15, -0.1) is 0 Å². The maximum Gasteiger partial charge on any atom is 0.125 e. The first-order valence-electron chi connectivity index (χ1n) is 4.48. The van der Waals surface area contributed by atoms with E-state index in [-0.39, 0.29) is 5.82 Å². The van der Waals surface area contributed by atoms with E-state index in [0.717, 1.165) is 15.6 Å². The molecule has 0 heterocycles. The minimum absolute atomic E-state index is 0.312. The van der Waals surface area contributed by atoms with E-state index in [1.54, 1.807) is 6.07 Å². The average molecular weight is 266 g/mol. The second kappa shape index (κ2) is 4.03. The molecule has 0 radical (unpaired) electrons. The molecule has 0 unspecified atom stereocenters. The van der Waals surface area contributed by atoms with Gasteiger partial charge in [0.15, 0.2) is 0 Å². The van der Waals surface area contributed by atoms with E-state index in [1.165, 1.54) is 12.1 Å². The van der Waals surface area contributed by atoms with Gasteiger partial charge in [0.1, 0.15) is 5.82 Å². The Morgan fingerprint density at radius 3 is 2.27 bits per heavy atom. The molecule has 0 fully saturated rings. The van der Waals surface area contributed by atoms with Gasteiger partial charge in [-0.05, 0) is 35.9 Å². The number of rotatable bonds is 1. The van der Waals surface area contributed by atoms with Crippen molar-refractivity contribution in [3.05, 3.63) is 52.8 Å². The Bertz CT molecular complexity index is 479. The Labute approximate surface area is 95.9 Å². The molecule has 0 aromatic heterocycles. The van der Waals surface area contributed by atoms with Gasteiger partial charge < -0.3 is 5.73 Å². The molecule has 0 amide bonds. The number of anilines is 1. The lowest BCUT2D eigenvalue weighted by Gasteiger charge is -2.05. The van der Waals surface area contributed by atoms with Crippen LogP contribution in [-0.4, -0.2) is 0 Å². The molecule has 0 spiro atoms. The van der Waals surface area contributed by atoms with Crippen LogP contribution >= 0.6 is 15.9 Å². The zero-order valence-corrected chi connectivity index (χ0v) is 9.46. The normalized spacial score (nSPS) is 10.3. The van der Waals surface area contributed by atoms with Gasteiger partial charge in [-0.1, -0.05) is 28.1 Å². The number of hydrogen-bond acceptors (Lipinski definition) is 1. The minimum Gasteiger partial charge on any atom is -0.398 e. The summed E-state index contributed by atoms with van der Waals surface area (Å²) in [6, 6.07) is 12.2. The molecule has 2 aromatic carbocycles. The number of halogens is 2. The van der Waals surface area contributed by atoms with Gasteiger partial charge in [0.2, 0.25) is 0 Å². The molecule has 2 aromatic rings. The van der Waals surface area contributed by atoms with Crippen molar-refractivity contribution in [1.29, 1.82) is 0 Å². The highest BCUT2D eigenvalue weighted by atomic mass is 79.9. The quantitative estimate of drug-likeness (QED) is 0.780. The van der Waals surface area contributed by atoms with Gasteiger partial charge in [-0.2, -0.15) is 0 Å². The summed E-state index contributed by atoms with van der Waals surface area (Å²) in [6.07, 6.45) is 0. The predicted octanol–water partition coefficient (Wildman–Crippen LogP) is 3.84. The van der Waals surface area contributed by atoms with Crippen molar-refractivity contribution in [3.63, 3.8) is 0 Å². The standard InChI is InChI=1S/C12H9BrFN/c13-9-3-1-8(2-4-9)11-6-5-10(14)7-12(11)15/h1-7H,15H2. The van der Waals surface area contributed by atoms with E-state index in [1.807, 2.05) is 24.3 Å². The molecular weight excluding hydrogens is 257 g/mol. The van der Waals surface area contributed by atoms with Gasteiger partial charge in [0, 0.05) is 15.7 Å². The largest absolute Gasteiger partial charge is 0.398 e. The van der Waals surface area contributed by atoms with Crippen molar-refractivity contribution in [2.75, 3.05) is 5.73 Å². The molecule has 0 atom stereocenters. The van der Waals surface area contributed by atoms with Crippen LogP contribution in [0.25, 0.3) is 11.1 Å². The third-order valence-corrected chi connectivity index (χ3v) is 2.70. The van der Waals surface area contributed by atoms with Gasteiger partial charge >= 0.3 is 0 Å². The molecule has 0 saturated carbocycles. The van der Waals surface area contributed by atoms with Crippen LogP contribution in [0.2, 0.25) is 0 Å². The van der Waals surface area contributed by atoms with Crippen molar-refractivity contribution in [3.8, 4) is 11.1 Å². The zero-order valence-electron chi connectivity index (χ0n) is 7.87. The summed E-state index contributed by atoms with van der Waals surface area (Å²) in [7, 11) is 0. The number of nitrogens with two attached hydrogens (primary N) is 1. The summed E-state index contributed by atoms with van der Waals surface area (Å²) in [5, 5.41) is 0. The molecule has 76 valence electrons. The number of benzene rings is 2. The minimum atomic E-state index is -0.312. The number of nitrogen functional groups attached to an aromatic ring is 1. The van der Waals surface area contributed by atoms with Gasteiger partial charge in [0.25, 0.3) is 0 Å². The Morgan fingerprint density at radius 2 is 1.67 bits per heavy atom. The molecular formula is C12H9BrFN. The highest BCUT2D eigenvalue weighted by Gasteiger charge is 2.03. The van der Waals surface area contributed by atoms with E-state index in [9.17, 15) is 4.39 Å². The molecule has 2 N–H and O–H groups in total. The zero-order chi connectivity index (χ0) is 10.8. The van der Waals surface area contributed by atoms with Crippen LogP contribution in [-0.2, 0) is 0 Å². The van der Waals surface area contributed by atoms with Crippen LogP contribution in [0.3, 0.4) is 0 Å². The molecule has 0 aliphatic heterocycles. The van der Waals surface area contributed by atoms with Crippen LogP contribution < -0.4 is 5.73 Å². The highest BCUT2D eigenvalue weighted by Crippen LogP contribution is 2.27. The summed E-state index contributed by atoms with van der Waals surface area (Å²) >= 11 is 3.36. The lowest BCUT2D eigenvalue weighted by atomic mass is 10.0. The Balaban J connectivity index is 2.49. The van der Waals surface area contributed by atoms with E-state index in [2.05, 4.69) is 15.9 Å². The Kier molecular flexibility index (Phi) is 2.73. The summed E-state index contributed by atoms with van der Waals surface area (Å²) in [5.41, 5.74) is 8.03. The smallest absolute Gasteiger partial charge is 0.125 e. The van der Waals surface area contributed by atoms with E-state index in [0.29, 0.717) is 5.69 Å². The van der Waals surface area contributed by atoms with Crippen molar-refractivity contribution in [2.24, 2.45) is 0 Å². The van der Waals surface area contributed by atoms with Gasteiger partial charge in [-0.3, -0.25) is 0 Å². The number of hydrogen-bond donors (Lipinski definition) is 1. The molecule has 0 bridgehead atoms. The van der Waals surface area contributed by atoms with Crippen molar-refractivity contribution in [1.82, 2.24) is 0 Å². The van der Waals surface area contributed by atoms with Crippen LogP contribution in [0.15, 0.2) is 46.9 Å². The summed E-state index contributed by atoms with van der Waals surface area (Å²) < 4.78 is 13.8. The van der Waals surface area contributed by atoms with Crippen LogP contribution in [0.1, 0.15) is 0 Å². The van der Waals surface area contributed by atoms with E-state index < -0.39 is 0 Å². The molecule has 0 aliphatic rings. The fraction of sp³-hybridized carbons (Fsp3) is 0. The average Bonchev–Trinajstić information content (AvgIpc) is 2.20. The second-order valence-electron chi connectivity index (χ2n) is 3.24. The maximum atomic E-state index is 12.8. The highest BCUT2D eigenvalue weighted by molar-refractivity contribution is 9.10. The van der Waals surface area contributed by atoms with Crippen LogP contribution in [0.5, 0.6) is 0 Å². The van der Waals surface area contributed by atoms with Crippen molar-refractivity contribution >= 4 is 21.6 Å². The summed E-state index contributed by atoms with van der Waals surface area (Å²) in [6.45, 7) is 0. The van der Waals surface area contributed by atoms with E-state index >= 15 is 0 Å². The molecule has 1 nitrogen and oxygen atoms in total. The first-order valence-corrected chi connectivity index (χ1v) is 5.27. The SMILES string of the molecule is Nc1cc(F)ccc1-c1ccc(Br)cc1. The third kappa shape index (κ3) is 2.18. The first kappa shape index (κ1) is 10.2. The summed E-state index contributed by atoms with van der Waals surface area (Å²) in [4.78, 5) is 0. The van der Waals surface area contributed by atoms with Gasteiger partial charge in [0.05, 0.1) is 0 Å². The molecule has 0 saturated heterocycles. The van der Waals surface area contributed by atoms with Crippen LogP contribution in [0.4, 0.5) is 10.1 Å².